The van der Waals surface area contributed by atoms with Gasteiger partial charge in [-0.05, 0) is 32.0 Å². The van der Waals surface area contributed by atoms with Crippen LogP contribution in [0.2, 0.25) is 5.02 Å². The number of aryl methyl sites for hydroxylation is 2. The highest BCUT2D eigenvalue weighted by Crippen LogP contribution is 2.32. The van der Waals surface area contributed by atoms with Crippen LogP contribution in [0.25, 0.3) is 16.7 Å². The van der Waals surface area contributed by atoms with Gasteiger partial charge in [0, 0.05) is 53.4 Å². The minimum atomic E-state index is -0.449. The molecule has 9 nitrogen and oxygen atoms in total. The predicted octanol–water partition coefficient (Wildman–Crippen LogP) is 3.28. The third-order valence-corrected chi connectivity index (χ3v) is 6.24. The fraction of sp³-hybridized carbons (Fsp3) is 0.318. The summed E-state index contributed by atoms with van der Waals surface area (Å²) in [5, 5.41) is 21.0. The van der Waals surface area contributed by atoms with Gasteiger partial charge in [0.15, 0.2) is 5.82 Å². The minimum Gasteiger partial charge on any atom is -0.389 e. The molecule has 0 bridgehead atoms. The van der Waals surface area contributed by atoms with Crippen molar-refractivity contribution in [2.24, 2.45) is 7.05 Å². The first-order valence-electron chi connectivity index (χ1n) is 10.3. The van der Waals surface area contributed by atoms with E-state index in [1.165, 1.54) is 0 Å². The molecular weight excluding hydrogens is 430 g/mol. The van der Waals surface area contributed by atoms with Gasteiger partial charge < -0.3 is 15.0 Å². The van der Waals surface area contributed by atoms with E-state index in [-0.39, 0.29) is 0 Å². The van der Waals surface area contributed by atoms with Crippen LogP contribution in [0.15, 0.2) is 36.7 Å². The number of hydroxylamine groups is 2. The minimum absolute atomic E-state index is 0.327. The number of anilines is 2. The van der Waals surface area contributed by atoms with Gasteiger partial charge in [-0.15, -0.1) is 0 Å². The predicted molar refractivity (Wildman–Crippen MR) is 122 cm³/mol. The van der Waals surface area contributed by atoms with Gasteiger partial charge in [-0.1, -0.05) is 11.6 Å². The van der Waals surface area contributed by atoms with Crippen LogP contribution in [0.5, 0.6) is 0 Å². The lowest BCUT2D eigenvalue weighted by Gasteiger charge is -2.12. The molecule has 0 saturated carbocycles. The summed E-state index contributed by atoms with van der Waals surface area (Å²) in [4.78, 5) is 14.4. The summed E-state index contributed by atoms with van der Waals surface area (Å²) in [5.74, 6) is 1.11. The molecule has 1 aromatic carbocycles. The van der Waals surface area contributed by atoms with Crippen LogP contribution in [-0.4, -0.2) is 53.7 Å². The largest absolute Gasteiger partial charge is 0.389 e. The Balaban J connectivity index is 1.38. The van der Waals surface area contributed by atoms with E-state index in [2.05, 4.69) is 25.0 Å². The molecule has 0 radical (unpaired) electrons. The van der Waals surface area contributed by atoms with E-state index in [1.54, 1.807) is 22.0 Å². The number of rotatable bonds is 5. The lowest BCUT2D eigenvalue weighted by atomic mass is 10.2. The highest BCUT2D eigenvalue weighted by atomic mass is 35.5. The zero-order valence-corrected chi connectivity index (χ0v) is 18.8. The molecule has 166 valence electrons. The second-order valence-electron chi connectivity index (χ2n) is 8.01. The van der Waals surface area contributed by atoms with E-state index in [1.807, 2.05) is 45.3 Å². The van der Waals surface area contributed by atoms with Crippen LogP contribution in [0.1, 0.15) is 17.0 Å². The molecule has 5 rings (SSSR count). The van der Waals surface area contributed by atoms with Gasteiger partial charge in [0.25, 0.3) is 0 Å². The molecule has 4 heterocycles. The number of halogens is 1. The number of hydrogen-bond acceptors (Lipinski definition) is 7. The number of nitrogens with one attached hydrogen (secondary N) is 1. The van der Waals surface area contributed by atoms with Crippen LogP contribution in [0, 0.1) is 13.8 Å². The SMILES string of the molecule is Cc1nn(-c2ccnc(Nc3ccc4c(c3)c(Cl)c(C)n4C)n2)cc1CN1C[C@H](O)CO1. The topological polar surface area (TPSA) is 93.3 Å². The molecule has 3 aromatic heterocycles. The number of nitrogens with zero attached hydrogens (tertiary/aromatic N) is 6. The Morgan fingerprint density at radius 1 is 1.28 bits per heavy atom. The van der Waals surface area contributed by atoms with E-state index in [4.69, 9.17) is 16.4 Å². The third-order valence-electron chi connectivity index (χ3n) is 5.76. The van der Waals surface area contributed by atoms with E-state index >= 15 is 0 Å². The van der Waals surface area contributed by atoms with Gasteiger partial charge in [0.05, 0.1) is 36.5 Å². The Hall–Kier alpha value is -2.98. The van der Waals surface area contributed by atoms with Gasteiger partial charge in [-0.25, -0.2) is 9.67 Å². The highest BCUT2D eigenvalue weighted by Gasteiger charge is 2.23. The number of hydrogen-bond donors (Lipinski definition) is 2. The van der Waals surface area contributed by atoms with Gasteiger partial charge in [0.2, 0.25) is 5.95 Å². The second kappa shape index (κ2) is 8.18. The Morgan fingerprint density at radius 2 is 2.12 bits per heavy atom. The van der Waals surface area contributed by atoms with Crippen molar-refractivity contribution < 1.29 is 9.94 Å². The summed E-state index contributed by atoms with van der Waals surface area (Å²) in [6, 6.07) is 7.81. The summed E-state index contributed by atoms with van der Waals surface area (Å²) in [5.41, 5.74) is 4.83. The molecule has 10 heteroatoms. The number of aromatic nitrogens is 5. The van der Waals surface area contributed by atoms with Gasteiger partial charge in [-0.3, -0.25) is 4.84 Å². The average Bonchev–Trinajstić information content (AvgIpc) is 3.42. The van der Waals surface area contributed by atoms with E-state index < -0.39 is 6.10 Å². The number of aliphatic hydroxyl groups is 1. The van der Waals surface area contributed by atoms with Crippen molar-refractivity contribution in [2.75, 3.05) is 18.5 Å². The fourth-order valence-corrected chi connectivity index (χ4v) is 4.15. The summed E-state index contributed by atoms with van der Waals surface area (Å²) < 4.78 is 3.80. The summed E-state index contributed by atoms with van der Waals surface area (Å²) in [7, 11) is 2.00. The Labute approximate surface area is 190 Å². The molecule has 0 unspecified atom stereocenters. The molecule has 4 aromatic rings. The van der Waals surface area contributed by atoms with Gasteiger partial charge in [0.1, 0.15) is 0 Å². The Kier molecular flexibility index (Phi) is 5.34. The Bertz CT molecular complexity index is 1300. The number of fused-ring (bicyclic) bond motifs is 1. The van der Waals surface area contributed by atoms with Gasteiger partial charge >= 0.3 is 0 Å². The standard InChI is InChI=1S/C22H24ClN7O2/c1-13-15(9-29-11-17(31)12-32-29)10-30(27-13)20-6-7-24-22(26-20)25-16-4-5-19-18(8-16)21(23)14(2)28(19)3/h4-8,10,17,31H,9,11-12H2,1-3H3,(H,24,25,26)/t17-/m0/s1. The molecule has 0 spiro atoms. The van der Waals surface area contributed by atoms with Crippen LogP contribution in [0.3, 0.4) is 0 Å². The van der Waals surface area contributed by atoms with Crippen molar-refractivity contribution in [3.05, 3.63) is 58.6 Å². The lowest BCUT2D eigenvalue weighted by molar-refractivity contribution is -0.118. The van der Waals surface area contributed by atoms with Crippen molar-refractivity contribution in [3.8, 4) is 5.82 Å². The van der Waals surface area contributed by atoms with E-state index in [9.17, 15) is 5.11 Å². The van der Waals surface area contributed by atoms with Crippen LogP contribution in [0.4, 0.5) is 11.6 Å². The van der Waals surface area contributed by atoms with E-state index in [0.29, 0.717) is 31.5 Å². The Morgan fingerprint density at radius 3 is 2.91 bits per heavy atom. The maximum Gasteiger partial charge on any atom is 0.229 e. The van der Waals surface area contributed by atoms with Crippen molar-refractivity contribution >= 4 is 34.1 Å². The average molecular weight is 454 g/mol. The van der Waals surface area contributed by atoms with Crippen molar-refractivity contribution in [2.45, 2.75) is 26.5 Å². The smallest absolute Gasteiger partial charge is 0.229 e. The molecule has 32 heavy (non-hydrogen) atoms. The van der Waals surface area contributed by atoms with Crippen LogP contribution in [-0.2, 0) is 18.4 Å². The summed E-state index contributed by atoms with van der Waals surface area (Å²) in [6.45, 7) is 5.31. The maximum absolute atomic E-state index is 9.65. The molecule has 1 atom stereocenters. The molecule has 1 fully saturated rings. The van der Waals surface area contributed by atoms with E-state index in [0.717, 1.165) is 38.6 Å². The normalized spacial score (nSPS) is 16.8. The molecule has 0 aliphatic carbocycles. The quantitative estimate of drug-likeness (QED) is 0.479. The van der Waals surface area contributed by atoms with Crippen molar-refractivity contribution in [1.29, 1.82) is 0 Å². The zero-order valence-electron chi connectivity index (χ0n) is 18.1. The maximum atomic E-state index is 9.65. The molecule has 1 saturated heterocycles. The van der Waals surface area contributed by atoms with Gasteiger partial charge in [-0.2, -0.15) is 15.1 Å². The zero-order chi connectivity index (χ0) is 22.4. The molecule has 0 amide bonds. The fourth-order valence-electron chi connectivity index (χ4n) is 3.87. The first-order chi connectivity index (χ1) is 15.4. The molecule has 2 N–H and O–H groups in total. The number of benzene rings is 1. The molecule has 1 aliphatic rings. The number of aliphatic hydroxyl groups excluding tert-OH is 1. The van der Waals surface area contributed by atoms with Crippen LogP contribution >= 0.6 is 11.6 Å². The first kappa shape index (κ1) is 20.9. The van der Waals surface area contributed by atoms with Crippen molar-refractivity contribution in [3.63, 3.8) is 0 Å². The molecular formula is C22H24ClN7O2. The highest BCUT2D eigenvalue weighted by molar-refractivity contribution is 6.36. The molecule has 1 aliphatic heterocycles. The summed E-state index contributed by atoms with van der Waals surface area (Å²) >= 11 is 6.50. The lowest BCUT2D eigenvalue weighted by Crippen LogP contribution is -2.20. The summed E-state index contributed by atoms with van der Waals surface area (Å²) in [6.07, 6.45) is 3.17. The number of β-amino-alcohol motifs (C(OH)–C–C–N with tert-alkyl or cyclic N) is 1. The first-order valence-corrected chi connectivity index (χ1v) is 10.7. The van der Waals surface area contributed by atoms with Crippen molar-refractivity contribution in [1.82, 2.24) is 29.4 Å². The third kappa shape index (κ3) is 3.84. The van der Waals surface area contributed by atoms with Crippen LogP contribution < -0.4 is 5.32 Å². The second-order valence-corrected chi connectivity index (χ2v) is 8.39. The monoisotopic (exact) mass is 453 g/mol.